The van der Waals surface area contributed by atoms with E-state index >= 15 is 0 Å². The van der Waals surface area contributed by atoms with Crippen molar-refractivity contribution in [2.75, 3.05) is 12.3 Å². The fourth-order valence-electron chi connectivity index (χ4n) is 1.83. The zero-order valence-corrected chi connectivity index (χ0v) is 15.1. The molecule has 0 fully saturated rings. The van der Waals surface area contributed by atoms with Crippen LogP contribution in [0, 0.1) is 0 Å². The third-order valence-electron chi connectivity index (χ3n) is 3.31. The number of aromatic hydroxyl groups is 1. The van der Waals surface area contributed by atoms with Gasteiger partial charge < -0.3 is 31.3 Å². The molecule has 0 aromatic heterocycles. The Morgan fingerprint density at radius 1 is 1.19 bits per heavy atom. The first-order valence-electron chi connectivity index (χ1n) is 7.89. The third-order valence-corrected chi connectivity index (χ3v) is 3.67. The second-order valence-electron chi connectivity index (χ2n) is 5.47. The zero-order valence-electron chi connectivity index (χ0n) is 14.3. The van der Waals surface area contributed by atoms with Crippen LogP contribution in [-0.4, -0.2) is 58.3 Å². The van der Waals surface area contributed by atoms with Crippen molar-refractivity contribution < 1.29 is 34.1 Å². The summed E-state index contributed by atoms with van der Waals surface area (Å²) in [6, 6.07) is 3.26. The maximum atomic E-state index is 12.0. The number of phenols is 1. The minimum atomic E-state index is -1.22. The number of esters is 1. The van der Waals surface area contributed by atoms with E-state index in [2.05, 4.69) is 23.3 Å². The minimum Gasteiger partial charge on any atom is -0.508 e. The van der Waals surface area contributed by atoms with E-state index in [1.54, 1.807) is 0 Å². The number of carbonyl (C=O) groups is 4. The number of carboxylic acids is 1. The Bertz CT molecular complexity index is 681. The summed E-state index contributed by atoms with van der Waals surface area (Å²) in [6.07, 6.45) is -0.255. The molecule has 10 nitrogen and oxygen atoms in total. The van der Waals surface area contributed by atoms with Gasteiger partial charge in [0.25, 0.3) is 0 Å². The second-order valence-corrected chi connectivity index (χ2v) is 5.84. The van der Waals surface area contributed by atoms with Gasteiger partial charge in [-0.1, -0.05) is 0 Å². The Labute approximate surface area is 160 Å². The van der Waals surface area contributed by atoms with Gasteiger partial charge in [-0.3, -0.25) is 14.4 Å². The topological polar surface area (TPSA) is 168 Å². The summed E-state index contributed by atoms with van der Waals surface area (Å²) in [5.74, 6) is -3.00. The first-order valence-corrected chi connectivity index (χ1v) is 8.52. The van der Waals surface area contributed by atoms with Gasteiger partial charge in [0.2, 0.25) is 11.8 Å². The van der Waals surface area contributed by atoms with Gasteiger partial charge in [-0.2, -0.15) is 12.6 Å². The number of aliphatic carboxylic acids is 1. The number of thiol groups is 1. The van der Waals surface area contributed by atoms with E-state index in [0.717, 1.165) is 0 Å². The lowest BCUT2D eigenvalue weighted by Gasteiger charge is -2.16. The van der Waals surface area contributed by atoms with Crippen molar-refractivity contribution in [3.8, 4) is 11.5 Å². The number of nitrogens with two attached hydrogens (primary N) is 1. The molecule has 27 heavy (non-hydrogen) atoms. The molecular formula is C16H21N3O7S. The molecule has 1 aromatic rings. The number of benzene rings is 1. The van der Waals surface area contributed by atoms with E-state index in [1.165, 1.54) is 24.3 Å². The van der Waals surface area contributed by atoms with Crippen LogP contribution in [0.1, 0.15) is 12.8 Å². The number of ether oxygens (including phenoxy) is 1. The molecule has 2 atom stereocenters. The summed E-state index contributed by atoms with van der Waals surface area (Å²) < 4.78 is 4.96. The molecule has 1 aromatic carbocycles. The molecular weight excluding hydrogens is 378 g/mol. The maximum Gasteiger partial charge on any atom is 0.330 e. The molecule has 2 amide bonds. The van der Waals surface area contributed by atoms with Gasteiger partial charge in [0.1, 0.15) is 30.1 Å². The van der Waals surface area contributed by atoms with Crippen molar-refractivity contribution in [1.82, 2.24) is 10.6 Å². The number of amides is 2. The standard InChI is InChI=1S/C16H21N3O7S/c17-11(16(24)25)5-6-13(21)19-12(8-27)15(23)18-7-14(22)26-10-3-1-9(20)2-4-10/h1-4,11-12,20,27H,5-8,17H2,(H,18,23)(H,19,21)(H,24,25). The highest BCUT2D eigenvalue weighted by Crippen LogP contribution is 2.15. The summed E-state index contributed by atoms with van der Waals surface area (Å²) in [4.78, 5) is 46.1. The van der Waals surface area contributed by atoms with Crippen LogP contribution in [0.3, 0.4) is 0 Å². The monoisotopic (exact) mass is 399 g/mol. The lowest BCUT2D eigenvalue weighted by atomic mass is 10.1. The van der Waals surface area contributed by atoms with E-state index in [-0.39, 0.29) is 30.1 Å². The number of phenolic OH excluding ortho intramolecular Hbond substituents is 1. The van der Waals surface area contributed by atoms with Crippen molar-refractivity contribution >= 4 is 36.4 Å². The molecule has 0 spiro atoms. The molecule has 0 saturated carbocycles. The number of carboxylic acid groups (broad SMARTS) is 1. The predicted molar refractivity (Wildman–Crippen MR) is 97.4 cm³/mol. The van der Waals surface area contributed by atoms with Crippen molar-refractivity contribution in [2.24, 2.45) is 5.73 Å². The highest BCUT2D eigenvalue weighted by Gasteiger charge is 2.21. The number of nitrogens with one attached hydrogen (secondary N) is 2. The molecule has 0 bridgehead atoms. The largest absolute Gasteiger partial charge is 0.508 e. The molecule has 11 heteroatoms. The molecule has 0 aliphatic carbocycles. The Hall–Kier alpha value is -2.79. The minimum absolute atomic E-state index is 0.0137. The number of hydrogen-bond donors (Lipinski definition) is 6. The second kappa shape index (κ2) is 11.0. The molecule has 6 N–H and O–H groups in total. The fraction of sp³-hybridized carbons (Fsp3) is 0.375. The van der Waals surface area contributed by atoms with Gasteiger partial charge in [0, 0.05) is 12.2 Å². The molecule has 148 valence electrons. The highest BCUT2D eigenvalue weighted by atomic mass is 32.1. The molecule has 0 heterocycles. The molecule has 0 saturated heterocycles. The third kappa shape index (κ3) is 8.42. The van der Waals surface area contributed by atoms with Crippen LogP contribution < -0.4 is 21.1 Å². The number of carbonyl (C=O) groups excluding carboxylic acids is 3. The summed E-state index contributed by atoms with van der Waals surface area (Å²) >= 11 is 3.97. The number of rotatable bonds is 10. The van der Waals surface area contributed by atoms with Crippen molar-refractivity contribution in [3.05, 3.63) is 24.3 Å². The smallest absolute Gasteiger partial charge is 0.330 e. The van der Waals surface area contributed by atoms with Gasteiger partial charge in [-0.05, 0) is 30.7 Å². The Morgan fingerprint density at radius 2 is 1.81 bits per heavy atom. The van der Waals surface area contributed by atoms with Gasteiger partial charge in [-0.15, -0.1) is 0 Å². The molecule has 2 unspecified atom stereocenters. The first kappa shape index (κ1) is 22.3. The summed E-state index contributed by atoms with van der Waals surface area (Å²) in [7, 11) is 0. The predicted octanol–water partition coefficient (Wildman–Crippen LogP) is -0.979. The van der Waals surface area contributed by atoms with E-state index in [0.29, 0.717) is 0 Å². The van der Waals surface area contributed by atoms with Gasteiger partial charge in [-0.25, -0.2) is 4.79 Å². The summed E-state index contributed by atoms with van der Waals surface area (Å²) in [5, 5.41) is 22.5. The highest BCUT2D eigenvalue weighted by molar-refractivity contribution is 7.80. The molecule has 0 aliphatic rings. The van der Waals surface area contributed by atoms with Crippen LogP contribution in [0.5, 0.6) is 11.5 Å². The summed E-state index contributed by atoms with van der Waals surface area (Å²) in [6.45, 7) is -0.441. The average Bonchev–Trinajstić information content (AvgIpc) is 2.63. The van der Waals surface area contributed by atoms with Crippen molar-refractivity contribution in [1.29, 1.82) is 0 Å². The molecule has 0 aliphatic heterocycles. The van der Waals surface area contributed by atoms with Crippen LogP contribution in [-0.2, 0) is 19.2 Å². The Balaban J connectivity index is 2.41. The maximum absolute atomic E-state index is 12.0. The quantitative estimate of drug-likeness (QED) is 0.166. The normalized spacial score (nSPS) is 12.5. The van der Waals surface area contributed by atoms with E-state index in [4.69, 9.17) is 20.7 Å². The molecule has 0 radical (unpaired) electrons. The Morgan fingerprint density at radius 3 is 2.37 bits per heavy atom. The van der Waals surface area contributed by atoms with E-state index in [1.807, 2.05) is 0 Å². The lowest BCUT2D eigenvalue weighted by Crippen LogP contribution is -2.49. The number of hydrogen-bond acceptors (Lipinski definition) is 8. The van der Waals surface area contributed by atoms with Crippen LogP contribution in [0.15, 0.2) is 24.3 Å². The van der Waals surface area contributed by atoms with Crippen LogP contribution in [0.4, 0.5) is 0 Å². The summed E-state index contributed by atoms with van der Waals surface area (Å²) in [5.41, 5.74) is 5.30. The van der Waals surface area contributed by atoms with Crippen LogP contribution in [0.2, 0.25) is 0 Å². The Kier molecular flexibility index (Phi) is 9.09. The van der Waals surface area contributed by atoms with Crippen molar-refractivity contribution in [3.63, 3.8) is 0 Å². The molecule has 1 rings (SSSR count). The van der Waals surface area contributed by atoms with Gasteiger partial charge in [0.05, 0.1) is 0 Å². The van der Waals surface area contributed by atoms with Crippen LogP contribution >= 0.6 is 12.6 Å². The van der Waals surface area contributed by atoms with Gasteiger partial charge >= 0.3 is 11.9 Å². The zero-order chi connectivity index (χ0) is 20.4. The van der Waals surface area contributed by atoms with E-state index in [9.17, 15) is 19.2 Å². The van der Waals surface area contributed by atoms with Crippen molar-refractivity contribution in [2.45, 2.75) is 24.9 Å². The first-order chi connectivity index (χ1) is 12.7. The van der Waals surface area contributed by atoms with Crippen LogP contribution in [0.25, 0.3) is 0 Å². The average molecular weight is 399 g/mol. The fourth-order valence-corrected chi connectivity index (χ4v) is 2.09. The van der Waals surface area contributed by atoms with E-state index < -0.39 is 42.4 Å². The lowest BCUT2D eigenvalue weighted by molar-refractivity contribution is -0.139. The van der Waals surface area contributed by atoms with Gasteiger partial charge in [0.15, 0.2) is 0 Å². The SMILES string of the molecule is NC(CCC(=O)NC(CS)C(=O)NCC(=O)Oc1ccc(O)cc1)C(=O)O.